The quantitative estimate of drug-likeness (QED) is 0.803. The lowest BCUT2D eigenvalue weighted by molar-refractivity contribution is 0.0821. The Labute approximate surface area is 107 Å². The first-order chi connectivity index (χ1) is 6.99. The first-order valence-electron chi connectivity index (χ1n) is 6.38. The van der Waals surface area contributed by atoms with Crippen molar-refractivity contribution in [2.75, 3.05) is 13.1 Å². The minimum absolute atomic E-state index is 0. The highest BCUT2D eigenvalue weighted by Crippen LogP contribution is 2.26. The molecule has 0 amide bonds. The molecule has 0 bridgehead atoms. The van der Waals surface area contributed by atoms with Gasteiger partial charge in [-0.05, 0) is 24.2 Å². The van der Waals surface area contributed by atoms with Crippen LogP contribution in [0.5, 0.6) is 0 Å². The van der Waals surface area contributed by atoms with Gasteiger partial charge in [-0.1, -0.05) is 40.0 Å². The van der Waals surface area contributed by atoms with E-state index in [0.717, 1.165) is 13.1 Å². The van der Waals surface area contributed by atoms with Gasteiger partial charge in [0.15, 0.2) is 0 Å². The highest BCUT2D eigenvalue weighted by molar-refractivity contribution is 5.85. The fourth-order valence-electron chi connectivity index (χ4n) is 2.28. The van der Waals surface area contributed by atoms with Gasteiger partial charge >= 0.3 is 0 Å². The summed E-state index contributed by atoms with van der Waals surface area (Å²) in [6.07, 6.45) is 6.28. The summed E-state index contributed by atoms with van der Waals surface area (Å²) >= 11 is 0. The Morgan fingerprint density at radius 1 is 1.19 bits per heavy atom. The lowest BCUT2D eigenvalue weighted by atomic mass is 9.85. The molecular formula is C13H28ClNO. The number of aliphatic hydroxyl groups is 1. The second-order valence-corrected chi connectivity index (χ2v) is 6.16. The maximum Gasteiger partial charge on any atom is 0.0692 e. The lowest BCUT2D eigenvalue weighted by Gasteiger charge is -2.28. The van der Waals surface area contributed by atoms with Crippen LogP contribution in [0.2, 0.25) is 0 Å². The maximum absolute atomic E-state index is 10.0. The highest BCUT2D eigenvalue weighted by atomic mass is 35.5. The molecule has 0 spiro atoms. The van der Waals surface area contributed by atoms with Gasteiger partial charge in [-0.3, -0.25) is 0 Å². The van der Waals surface area contributed by atoms with Crippen LogP contribution in [0.3, 0.4) is 0 Å². The second-order valence-electron chi connectivity index (χ2n) is 6.16. The normalized spacial score (nSPS) is 20.2. The number of aliphatic hydroxyl groups excluding tert-OH is 1. The summed E-state index contributed by atoms with van der Waals surface area (Å²) in [7, 11) is 0. The van der Waals surface area contributed by atoms with E-state index in [2.05, 4.69) is 26.1 Å². The van der Waals surface area contributed by atoms with Crippen LogP contribution in [0, 0.1) is 11.3 Å². The number of hydrogen-bond donors (Lipinski definition) is 2. The fourth-order valence-corrected chi connectivity index (χ4v) is 2.28. The van der Waals surface area contributed by atoms with Gasteiger partial charge in [0.2, 0.25) is 0 Å². The first kappa shape index (κ1) is 16.2. The molecule has 1 saturated carbocycles. The van der Waals surface area contributed by atoms with Gasteiger partial charge in [-0.25, -0.2) is 0 Å². The Morgan fingerprint density at radius 2 is 1.75 bits per heavy atom. The van der Waals surface area contributed by atoms with Crippen LogP contribution in [0.15, 0.2) is 0 Å². The zero-order valence-electron chi connectivity index (χ0n) is 11.0. The molecular weight excluding hydrogens is 222 g/mol. The summed E-state index contributed by atoms with van der Waals surface area (Å²) in [6.45, 7) is 8.39. The van der Waals surface area contributed by atoms with Gasteiger partial charge in [-0.15, -0.1) is 12.4 Å². The molecule has 1 aliphatic rings. The third-order valence-corrected chi connectivity index (χ3v) is 3.20. The summed E-state index contributed by atoms with van der Waals surface area (Å²) in [5.41, 5.74) is 0.312. The molecule has 2 nitrogen and oxygen atoms in total. The molecule has 0 aromatic rings. The van der Waals surface area contributed by atoms with Crippen molar-refractivity contribution in [1.29, 1.82) is 0 Å². The van der Waals surface area contributed by atoms with Gasteiger partial charge in [-0.2, -0.15) is 0 Å². The monoisotopic (exact) mass is 249 g/mol. The number of rotatable bonds is 4. The summed E-state index contributed by atoms with van der Waals surface area (Å²) < 4.78 is 0. The van der Waals surface area contributed by atoms with E-state index >= 15 is 0 Å². The van der Waals surface area contributed by atoms with Crippen molar-refractivity contribution in [3.8, 4) is 0 Å². The molecule has 98 valence electrons. The fraction of sp³-hybridized carbons (Fsp3) is 1.00. The van der Waals surface area contributed by atoms with Crippen LogP contribution in [0.1, 0.15) is 52.9 Å². The molecule has 0 saturated heterocycles. The second kappa shape index (κ2) is 7.52. The summed E-state index contributed by atoms with van der Waals surface area (Å²) in [4.78, 5) is 0. The van der Waals surface area contributed by atoms with Gasteiger partial charge in [0, 0.05) is 13.1 Å². The average molecular weight is 250 g/mol. The zero-order chi connectivity index (χ0) is 11.3. The van der Waals surface area contributed by atoms with E-state index in [4.69, 9.17) is 0 Å². The Morgan fingerprint density at radius 3 is 2.25 bits per heavy atom. The third kappa shape index (κ3) is 6.72. The van der Waals surface area contributed by atoms with E-state index in [1.54, 1.807) is 0 Å². The van der Waals surface area contributed by atoms with Crippen molar-refractivity contribution < 1.29 is 5.11 Å². The summed E-state index contributed by atoms with van der Waals surface area (Å²) in [5, 5.41) is 13.4. The van der Waals surface area contributed by atoms with Gasteiger partial charge in [0.25, 0.3) is 0 Å². The molecule has 16 heavy (non-hydrogen) atoms. The van der Waals surface area contributed by atoms with Crippen LogP contribution in [-0.4, -0.2) is 24.3 Å². The molecule has 1 atom stereocenters. The predicted molar refractivity (Wildman–Crippen MR) is 72.2 cm³/mol. The van der Waals surface area contributed by atoms with Crippen LogP contribution in [0.25, 0.3) is 0 Å². The molecule has 1 unspecified atom stereocenters. The summed E-state index contributed by atoms with van der Waals surface area (Å²) in [6, 6.07) is 0. The Hall–Kier alpha value is 0.210. The molecule has 0 radical (unpaired) electrons. The SMILES string of the molecule is CC(C)(C)CNCC(O)C1CCCCC1.Cl. The number of halogens is 1. The molecule has 3 heteroatoms. The molecule has 0 aliphatic heterocycles. The molecule has 1 aliphatic carbocycles. The Balaban J connectivity index is 0.00000225. The van der Waals surface area contributed by atoms with E-state index in [9.17, 15) is 5.11 Å². The van der Waals surface area contributed by atoms with Crippen molar-refractivity contribution in [2.24, 2.45) is 11.3 Å². The van der Waals surface area contributed by atoms with Crippen molar-refractivity contribution >= 4 is 12.4 Å². The van der Waals surface area contributed by atoms with Crippen molar-refractivity contribution in [3.63, 3.8) is 0 Å². The van der Waals surface area contributed by atoms with Crippen LogP contribution in [-0.2, 0) is 0 Å². The summed E-state index contributed by atoms with van der Waals surface area (Å²) in [5.74, 6) is 0.547. The van der Waals surface area contributed by atoms with E-state index in [-0.39, 0.29) is 18.5 Å². The molecule has 0 aromatic heterocycles. The van der Waals surface area contributed by atoms with E-state index < -0.39 is 0 Å². The average Bonchev–Trinajstić information content (AvgIpc) is 2.17. The smallest absolute Gasteiger partial charge is 0.0692 e. The molecule has 0 heterocycles. The standard InChI is InChI=1S/C13H27NO.ClH/c1-13(2,3)10-14-9-12(15)11-7-5-4-6-8-11;/h11-12,14-15H,4-10H2,1-3H3;1H. The molecule has 1 rings (SSSR count). The molecule has 1 fully saturated rings. The largest absolute Gasteiger partial charge is 0.392 e. The van der Waals surface area contributed by atoms with Gasteiger partial charge < -0.3 is 10.4 Å². The predicted octanol–water partition coefficient (Wildman–Crippen LogP) is 2.99. The minimum Gasteiger partial charge on any atom is -0.392 e. The minimum atomic E-state index is -0.132. The van der Waals surface area contributed by atoms with Gasteiger partial charge in [0.1, 0.15) is 0 Å². The third-order valence-electron chi connectivity index (χ3n) is 3.20. The van der Waals surface area contributed by atoms with Crippen molar-refractivity contribution in [2.45, 2.75) is 59.0 Å². The van der Waals surface area contributed by atoms with E-state index in [1.165, 1.54) is 32.1 Å². The van der Waals surface area contributed by atoms with E-state index in [1.807, 2.05) is 0 Å². The lowest BCUT2D eigenvalue weighted by Crippen LogP contribution is -2.37. The van der Waals surface area contributed by atoms with Crippen LogP contribution < -0.4 is 5.32 Å². The zero-order valence-corrected chi connectivity index (χ0v) is 11.8. The topological polar surface area (TPSA) is 32.3 Å². The first-order valence-corrected chi connectivity index (χ1v) is 6.38. The Bertz CT molecular complexity index is 173. The maximum atomic E-state index is 10.0. The van der Waals surface area contributed by atoms with Crippen molar-refractivity contribution in [1.82, 2.24) is 5.32 Å². The number of hydrogen-bond acceptors (Lipinski definition) is 2. The molecule has 0 aromatic carbocycles. The van der Waals surface area contributed by atoms with E-state index in [0.29, 0.717) is 11.3 Å². The highest BCUT2D eigenvalue weighted by Gasteiger charge is 2.21. The Kier molecular flexibility index (Phi) is 7.62. The van der Waals surface area contributed by atoms with Crippen LogP contribution >= 0.6 is 12.4 Å². The number of nitrogens with one attached hydrogen (secondary N) is 1. The molecule has 2 N–H and O–H groups in total. The van der Waals surface area contributed by atoms with Gasteiger partial charge in [0.05, 0.1) is 6.10 Å². The van der Waals surface area contributed by atoms with Crippen LogP contribution in [0.4, 0.5) is 0 Å². The van der Waals surface area contributed by atoms with Crippen molar-refractivity contribution in [3.05, 3.63) is 0 Å².